The molecule has 0 saturated carbocycles. The highest BCUT2D eigenvalue weighted by Crippen LogP contribution is 2.32. The Morgan fingerprint density at radius 2 is 1.90 bits per heavy atom. The van der Waals surface area contributed by atoms with Gasteiger partial charge in [0.05, 0.1) is 0 Å². The zero-order chi connectivity index (χ0) is 21.3. The zero-order valence-electron chi connectivity index (χ0n) is 18.5. The molecule has 4 rings (SSSR count). The molecule has 2 aromatic rings. The van der Waals surface area contributed by atoms with Crippen LogP contribution in [-0.2, 0) is 12.8 Å². The summed E-state index contributed by atoms with van der Waals surface area (Å²) in [5, 5.41) is 6.84. The minimum absolute atomic E-state index is 0.319. The fourth-order valence-corrected chi connectivity index (χ4v) is 4.18. The van der Waals surface area contributed by atoms with E-state index in [2.05, 4.69) is 64.9 Å². The van der Waals surface area contributed by atoms with Crippen molar-refractivity contribution >= 4 is 5.96 Å². The maximum absolute atomic E-state index is 5.47. The molecule has 2 aliphatic rings. The minimum Gasteiger partial charge on any atom is -0.454 e. The van der Waals surface area contributed by atoms with E-state index in [-0.39, 0.29) is 0 Å². The Morgan fingerprint density at radius 1 is 1.03 bits per heavy atom. The van der Waals surface area contributed by atoms with Crippen LogP contribution in [0.4, 0.5) is 0 Å². The minimum atomic E-state index is 0.319. The van der Waals surface area contributed by atoms with Crippen molar-refractivity contribution in [3.05, 3.63) is 59.7 Å². The number of likely N-dealkylation sites (tertiary alicyclic amines) is 1. The second-order valence-electron chi connectivity index (χ2n) is 8.27. The van der Waals surface area contributed by atoms with Crippen molar-refractivity contribution in [3.8, 4) is 11.5 Å². The zero-order valence-corrected chi connectivity index (χ0v) is 18.5. The van der Waals surface area contributed by atoms with E-state index in [1.54, 1.807) is 0 Å². The predicted molar refractivity (Wildman–Crippen MR) is 125 cm³/mol. The van der Waals surface area contributed by atoms with Crippen LogP contribution < -0.4 is 20.1 Å². The third-order valence-corrected chi connectivity index (χ3v) is 5.92. The van der Waals surface area contributed by atoms with Gasteiger partial charge in [-0.1, -0.05) is 36.4 Å². The van der Waals surface area contributed by atoms with Crippen molar-refractivity contribution in [3.63, 3.8) is 0 Å². The summed E-state index contributed by atoms with van der Waals surface area (Å²) in [6, 6.07) is 16.9. The molecule has 0 bridgehead atoms. The molecule has 1 atom stereocenters. The maximum Gasteiger partial charge on any atom is 0.231 e. The predicted octanol–water partition coefficient (Wildman–Crippen LogP) is 3.08. The van der Waals surface area contributed by atoms with E-state index < -0.39 is 0 Å². The van der Waals surface area contributed by atoms with Gasteiger partial charge in [-0.05, 0) is 61.9 Å². The first kappa shape index (κ1) is 21.5. The molecule has 1 saturated heterocycles. The van der Waals surface area contributed by atoms with E-state index in [0.717, 1.165) is 63.0 Å². The van der Waals surface area contributed by atoms with Crippen molar-refractivity contribution in [1.82, 2.24) is 15.5 Å². The fraction of sp³-hybridized carbons (Fsp3) is 0.480. The first-order valence-electron chi connectivity index (χ1n) is 11.5. The lowest BCUT2D eigenvalue weighted by molar-refractivity contribution is 0.174. The first-order chi connectivity index (χ1) is 15.3. The Bertz CT molecular complexity index is 856. The monoisotopic (exact) mass is 422 g/mol. The molecule has 2 aliphatic heterocycles. The van der Waals surface area contributed by atoms with Crippen LogP contribution in [0.5, 0.6) is 11.5 Å². The molecule has 0 aliphatic carbocycles. The maximum atomic E-state index is 5.47. The molecule has 2 aromatic carbocycles. The first-order valence-corrected chi connectivity index (χ1v) is 11.5. The van der Waals surface area contributed by atoms with E-state index in [1.165, 1.54) is 24.1 Å². The Hall–Kier alpha value is -2.73. The van der Waals surface area contributed by atoms with E-state index in [1.807, 2.05) is 6.07 Å². The fourth-order valence-electron chi connectivity index (χ4n) is 4.18. The van der Waals surface area contributed by atoms with Crippen LogP contribution in [0, 0.1) is 5.92 Å². The topological polar surface area (TPSA) is 58.1 Å². The van der Waals surface area contributed by atoms with E-state index in [4.69, 9.17) is 14.5 Å². The number of ether oxygens (including phenoxy) is 2. The third kappa shape index (κ3) is 6.37. The second-order valence-corrected chi connectivity index (χ2v) is 8.27. The smallest absolute Gasteiger partial charge is 0.231 e. The van der Waals surface area contributed by atoms with Crippen molar-refractivity contribution < 1.29 is 9.47 Å². The number of benzene rings is 2. The van der Waals surface area contributed by atoms with Gasteiger partial charge in [0, 0.05) is 32.7 Å². The highest BCUT2D eigenvalue weighted by Gasteiger charge is 2.22. The van der Waals surface area contributed by atoms with E-state index in [0.29, 0.717) is 12.7 Å². The number of nitrogens with one attached hydrogen (secondary N) is 2. The van der Waals surface area contributed by atoms with Gasteiger partial charge < -0.3 is 25.0 Å². The second kappa shape index (κ2) is 11.0. The number of hydrogen-bond acceptors (Lipinski definition) is 4. The summed E-state index contributed by atoms with van der Waals surface area (Å²) in [7, 11) is 0. The summed E-state index contributed by atoms with van der Waals surface area (Å²) in [5.74, 6) is 3.23. The Balaban J connectivity index is 1.19. The van der Waals surface area contributed by atoms with Crippen LogP contribution in [0.1, 0.15) is 24.5 Å². The molecule has 1 unspecified atom stereocenters. The summed E-state index contributed by atoms with van der Waals surface area (Å²) < 4.78 is 10.9. The van der Waals surface area contributed by atoms with Crippen LogP contribution in [0.3, 0.4) is 0 Å². The van der Waals surface area contributed by atoms with Crippen molar-refractivity contribution in [2.75, 3.05) is 46.1 Å². The molecule has 0 aromatic heterocycles. The number of nitrogens with zero attached hydrogens (tertiary/aromatic N) is 2. The largest absolute Gasteiger partial charge is 0.454 e. The molecule has 2 heterocycles. The van der Waals surface area contributed by atoms with Gasteiger partial charge in [0.25, 0.3) is 0 Å². The highest BCUT2D eigenvalue weighted by molar-refractivity contribution is 5.79. The molecule has 6 nitrogen and oxygen atoms in total. The van der Waals surface area contributed by atoms with E-state index in [9.17, 15) is 0 Å². The lowest BCUT2D eigenvalue weighted by Crippen LogP contribution is -2.38. The van der Waals surface area contributed by atoms with Crippen molar-refractivity contribution in [2.24, 2.45) is 10.9 Å². The van der Waals surface area contributed by atoms with Crippen molar-refractivity contribution in [2.45, 2.75) is 26.2 Å². The summed E-state index contributed by atoms with van der Waals surface area (Å²) >= 11 is 0. The summed E-state index contributed by atoms with van der Waals surface area (Å²) in [6.07, 6.45) is 3.27. The standard InChI is InChI=1S/C25H34N4O2/c1-2-26-25(27-13-10-21-8-9-23-24(16-21)31-19-30-23)28-17-22-12-15-29(18-22)14-11-20-6-4-3-5-7-20/h3-9,16,22H,2,10-15,17-19H2,1H3,(H2,26,27,28). The summed E-state index contributed by atoms with van der Waals surface area (Å²) in [6.45, 7) is 8.46. The lowest BCUT2D eigenvalue weighted by Gasteiger charge is -2.16. The van der Waals surface area contributed by atoms with Gasteiger partial charge in [-0.25, -0.2) is 0 Å². The summed E-state index contributed by atoms with van der Waals surface area (Å²) in [4.78, 5) is 7.44. The van der Waals surface area contributed by atoms with Gasteiger partial charge in [0.15, 0.2) is 17.5 Å². The van der Waals surface area contributed by atoms with Gasteiger partial charge in [0.1, 0.15) is 0 Å². The molecular weight excluding hydrogens is 388 g/mol. The molecule has 0 spiro atoms. The Kier molecular flexibility index (Phi) is 7.66. The van der Waals surface area contributed by atoms with Crippen LogP contribution in [0.15, 0.2) is 53.5 Å². The van der Waals surface area contributed by atoms with Gasteiger partial charge in [0.2, 0.25) is 6.79 Å². The molecule has 6 heteroatoms. The normalized spacial score (nSPS) is 18.4. The molecule has 0 amide bonds. The van der Waals surface area contributed by atoms with Crippen molar-refractivity contribution in [1.29, 1.82) is 0 Å². The van der Waals surface area contributed by atoms with Crippen LogP contribution in [0.2, 0.25) is 0 Å². The molecule has 0 radical (unpaired) electrons. The third-order valence-electron chi connectivity index (χ3n) is 5.92. The number of fused-ring (bicyclic) bond motifs is 1. The highest BCUT2D eigenvalue weighted by atomic mass is 16.7. The van der Waals surface area contributed by atoms with Crippen LogP contribution in [0.25, 0.3) is 0 Å². The van der Waals surface area contributed by atoms with Gasteiger partial charge >= 0.3 is 0 Å². The van der Waals surface area contributed by atoms with Gasteiger partial charge in [-0.2, -0.15) is 0 Å². The Morgan fingerprint density at radius 3 is 2.77 bits per heavy atom. The molecule has 166 valence electrons. The van der Waals surface area contributed by atoms with Gasteiger partial charge in [-0.3, -0.25) is 4.99 Å². The molecular formula is C25H34N4O2. The molecule has 2 N–H and O–H groups in total. The average molecular weight is 423 g/mol. The quantitative estimate of drug-likeness (QED) is 0.480. The number of aliphatic imine (C=N–C) groups is 1. The SMILES string of the molecule is CCNC(=NCC1CCN(CCc2ccccc2)C1)NCCc1ccc2c(c1)OCO2. The number of rotatable bonds is 9. The lowest BCUT2D eigenvalue weighted by atomic mass is 10.1. The molecule has 31 heavy (non-hydrogen) atoms. The van der Waals surface area contributed by atoms with E-state index >= 15 is 0 Å². The summed E-state index contributed by atoms with van der Waals surface area (Å²) in [5.41, 5.74) is 2.66. The molecule has 1 fully saturated rings. The van der Waals surface area contributed by atoms with Crippen LogP contribution in [-0.4, -0.2) is 56.9 Å². The van der Waals surface area contributed by atoms with Crippen LogP contribution >= 0.6 is 0 Å². The Labute approximate surface area is 185 Å². The number of guanidine groups is 1. The van der Waals surface area contributed by atoms with Gasteiger partial charge in [-0.15, -0.1) is 0 Å². The average Bonchev–Trinajstić information content (AvgIpc) is 3.46. The number of hydrogen-bond donors (Lipinski definition) is 2.